The van der Waals surface area contributed by atoms with Crippen molar-refractivity contribution in [1.29, 1.82) is 0 Å². The normalized spacial score (nSPS) is 21.9. The second-order valence-electron chi connectivity index (χ2n) is 10.6. The lowest BCUT2D eigenvalue weighted by Crippen LogP contribution is -2.50. The van der Waals surface area contributed by atoms with E-state index in [0.717, 1.165) is 70.2 Å². The SMILES string of the molecule is O=C(N[C@@H]1CCCc2ccccc21)C1CCN(C2CCN(C(=O)c3cccc(C(F)(F)F)c3)CC2)CC1. The molecular formula is C29H34F3N3O2. The first-order chi connectivity index (χ1) is 17.8. The van der Waals surface area contributed by atoms with E-state index in [1.807, 2.05) is 6.07 Å². The van der Waals surface area contributed by atoms with Gasteiger partial charge in [0.1, 0.15) is 0 Å². The van der Waals surface area contributed by atoms with E-state index in [1.54, 1.807) is 4.90 Å². The minimum Gasteiger partial charge on any atom is -0.349 e. The van der Waals surface area contributed by atoms with Gasteiger partial charge in [-0.2, -0.15) is 13.2 Å². The molecule has 0 bridgehead atoms. The molecule has 0 unspecified atom stereocenters. The predicted octanol–water partition coefficient (Wildman–Crippen LogP) is 5.22. The zero-order valence-electron chi connectivity index (χ0n) is 21.0. The van der Waals surface area contributed by atoms with Crippen molar-refractivity contribution in [2.75, 3.05) is 26.2 Å². The number of benzene rings is 2. The molecule has 2 amide bonds. The number of likely N-dealkylation sites (tertiary alicyclic amines) is 2. The van der Waals surface area contributed by atoms with Gasteiger partial charge >= 0.3 is 6.18 Å². The van der Waals surface area contributed by atoms with Crippen molar-refractivity contribution >= 4 is 11.8 Å². The van der Waals surface area contributed by atoms with Crippen LogP contribution in [0.1, 0.15) is 71.6 Å². The van der Waals surface area contributed by atoms with Crippen LogP contribution in [0.15, 0.2) is 48.5 Å². The second-order valence-corrected chi connectivity index (χ2v) is 10.6. The summed E-state index contributed by atoms with van der Waals surface area (Å²) in [6.07, 6.45) is 1.92. The molecule has 37 heavy (non-hydrogen) atoms. The molecule has 0 saturated carbocycles. The third-order valence-corrected chi connectivity index (χ3v) is 8.29. The summed E-state index contributed by atoms with van der Waals surface area (Å²) in [4.78, 5) is 30.0. The fourth-order valence-corrected chi connectivity index (χ4v) is 6.17. The number of carbonyl (C=O) groups excluding carboxylic acids is 2. The maximum absolute atomic E-state index is 13.1. The van der Waals surface area contributed by atoms with Crippen molar-refractivity contribution in [2.45, 2.75) is 63.2 Å². The lowest BCUT2D eigenvalue weighted by atomic mass is 9.86. The summed E-state index contributed by atoms with van der Waals surface area (Å²) < 4.78 is 39.1. The highest BCUT2D eigenvalue weighted by Gasteiger charge is 2.34. The van der Waals surface area contributed by atoms with Gasteiger partial charge in [-0.25, -0.2) is 0 Å². The van der Waals surface area contributed by atoms with Crippen LogP contribution in [-0.2, 0) is 17.4 Å². The fraction of sp³-hybridized carbons (Fsp3) is 0.517. The predicted molar refractivity (Wildman–Crippen MR) is 135 cm³/mol. The van der Waals surface area contributed by atoms with E-state index in [-0.39, 0.29) is 29.3 Å². The molecule has 1 atom stereocenters. The number of amides is 2. The van der Waals surface area contributed by atoms with Gasteiger partial charge < -0.3 is 15.1 Å². The van der Waals surface area contributed by atoms with Crippen molar-refractivity contribution in [3.8, 4) is 0 Å². The molecule has 198 valence electrons. The van der Waals surface area contributed by atoms with Crippen molar-refractivity contribution < 1.29 is 22.8 Å². The molecule has 2 saturated heterocycles. The quantitative estimate of drug-likeness (QED) is 0.610. The first-order valence-electron chi connectivity index (χ1n) is 13.4. The van der Waals surface area contributed by atoms with E-state index in [2.05, 4.69) is 28.4 Å². The lowest BCUT2D eigenvalue weighted by Gasteiger charge is -2.41. The van der Waals surface area contributed by atoms with E-state index >= 15 is 0 Å². The molecule has 8 heteroatoms. The fourth-order valence-electron chi connectivity index (χ4n) is 6.17. The number of hydrogen-bond donors (Lipinski definition) is 1. The van der Waals surface area contributed by atoms with Gasteiger partial charge in [0.2, 0.25) is 5.91 Å². The average molecular weight is 514 g/mol. The Morgan fingerprint density at radius 1 is 0.865 bits per heavy atom. The van der Waals surface area contributed by atoms with Crippen LogP contribution in [0.25, 0.3) is 0 Å². The van der Waals surface area contributed by atoms with Crippen molar-refractivity contribution in [3.63, 3.8) is 0 Å². The van der Waals surface area contributed by atoms with Crippen molar-refractivity contribution in [1.82, 2.24) is 15.1 Å². The maximum atomic E-state index is 13.1. The van der Waals surface area contributed by atoms with Crippen molar-refractivity contribution in [2.24, 2.45) is 5.92 Å². The van der Waals surface area contributed by atoms with Gasteiger partial charge in [0.15, 0.2) is 0 Å². The molecule has 5 nitrogen and oxygen atoms in total. The highest BCUT2D eigenvalue weighted by molar-refractivity contribution is 5.94. The van der Waals surface area contributed by atoms with Gasteiger partial charge in [0.05, 0.1) is 11.6 Å². The standard InChI is InChI=1S/C29H34F3N3O2/c30-29(31,32)23-8-3-7-22(19-23)28(37)35-17-13-24(14-18-35)34-15-11-21(12-16-34)27(36)33-26-10-4-6-20-5-1-2-9-25(20)26/h1-3,5,7-9,19,21,24,26H,4,6,10-18H2,(H,33,36)/t26-/m1/s1. The van der Waals surface area contributed by atoms with E-state index < -0.39 is 11.7 Å². The number of carbonyl (C=O) groups is 2. The smallest absolute Gasteiger partial charge is 0.349 e. The van der Waals surface area contributed by atoms with Gasteiger partial charge in [-0.1, -0.05) is 30.3 Å². The highest BCUT2D eigenvalue weighted by Crippen LogP contribution is 2.32. The van der Waals surface area contributed by atoms with E-state index in [0.29, 0.717) is 19.1 Å². The Morgan fingerprint density at radius 3 is 2.32 bits per heavy atom. The number of fused-ring (bicyclic) bond motifs is 1. The largest absolute Gasteiger partial charge is 0.416 e. The molecule has 3 aliphatic rings. The van der Waals surface area contributed by atoms with Gasteiger partial charge in [-0.3, -0.25) is 9.59 Å². The molecule has 2 fully saturated rings. The molecule has 2 aromatic rings. The highest BCUT2D eigenvalue weighted by atomic mass is 19.4. The zero-order valence-corrected chi connectivity index (χ0v) is 21.0. The Kier molecular flexibility index (Phi) is 7.56. The topological polar surface area (TPSA) is 52.7 Å². The minimum atomic E-state index is -4.47. The molecule has 0 spiro atoms. The van der Waals surface area contributed by atoms with Crippen LogP contribution in [0, 0.1) is 5.92 Å². The molecule has 1 N–H and O–H groups in total. The van der Waals surface area contributed by atoms with Crippen LogP contribution in [0.4, 0.5) is 13.2 Å². The summed E-state index contributed by atoms with van der Waals surface area (Å²) in [6.45, 7) is 2.76. The molecule has 0 aromatic heterocycles. The minimum absolute atomic E-state index is 0.0212. The summed E-state index contributed by atoms with van der Waals surface area (Å²) in [5, 5.41) is 3.31. The molecule has 5 rings (SSSR count). The van der Waals surface area contributed by atoms with Crippen LogP contribution >= 0.6 is 0 Å². The van der Waals surface area contributed by atoms with Crippen LogP contribution in [0.5, 0.6) is 0 Å². The summed E-state index contributed by atoms with van der Waals surface area (Å²) >= 11 is 0. The second kappa shape index (κ2) is 10.9. The first kappa shape index (κ1) is 25.8. The number of rotatable bonds is 4. The molecule has 0 radical (unpaired) electrons. The van der Waals surface area contributed by atoms with E-state index in [9.17, 15) is 22.8 Å². The third-order valence-electron chi connectivity index (χ3n) is 8.29. The lowest BCUT2D eigenvalue weighted by molar-refractivity contribution is -0.137. The molecule has 1 aliphatic carbocycles. The number of nitrogens with one attached hydrogen (secondary N) is 1. The van der Waals surface area contributed by atoms with Crippen LogP contribution in [-0.4, -0.2) is 53.8 Å². The number of aryl methyl sites for hydroxylation is 1. The Morgan fingerprint density at radius 2 is 1.59 bits per heavy atom. The maximum Gasteiger partial charge on any atom is 0.416 e. The van der Waals surface area contributed by atoms with Crippen LogP contribution < -0.4 is 5.32 Å². The van der Waals surface area contributed by atoms with Crippen LogP contribution in [0.2, 0.25) is 0 Å². The van der Waals surface area contributed by atoms with Gasteiger partial charge in [-0.05, 0) is 87.4 Å². The number of hydrogen-bond acceptors (Lipinski definition) is 3. The van der Waals surface area contributed by atoms with Gasteiger partial charge in [-0.15, -0.1) is 0 Å². The zero-order chi connectivity index (χ0) is 26.0. The Balaban J connectivity index is 1.09. The first-order valence-corrected chi connectivity index (χ1v) is 13.4. The number of nitrogens with zero attached hydrogens (tertiary/aromatic N) is 2. The van der Waals surface area contributed by atoms with Crippen molar-refractivity contribution in [3.05, 3.63) is 70.8 Å². The molecule has 2 aromatic carbocycles. The molecular weight excluding hydrogens is 479 g/mol. The third kappa shape index (κ3) is 5.84. The summed E-state index contributed by atoms with van der Waals surface area (Å²) in [7, 11) is 0. The summed E-state index contributed by atoms with van der Waals surface area (Å²) in [6, 6.07) is 13.5. The molecule has 2 heterocycles. The Hall–Kier alpha value is -2.87. The Labute approximate surface area is 216 Å². The van der Waals surface area contributed by atoms with Gasteiger partial charge in [0.25, 0.3) is 5.91 Å². The van der Waals surface area contributed by atoms with E-state index in [4.69, 9.17) is 0 Å². The van der Waals surface area contributed by atoms with Gasteiger partial charge in [0, 0.05) is 30.6 Å². The summed E-state index contributed by atoms with van der Waals surface area (Å²) in [5.74, 6) is -0.167. The molecule has 2 aliphatic heterocycles. The van der Waals surface area contributed by atoms with E-state index in [1.165, 1.54) is 23.3 Å². The monoisotopic (exact) mass is 513 g/mol. The number of alkyl halides is 3. The average Bonchev–Trinajstić information content (AvgIpc) is 2.92. The Bertz CT molecular complexity index is 1120. The summed E-state index contributed by atoms with van der Waals surface area (Å²) in [5.41, 5.74) is 1.88. The number of piperidine rings is 2. The number of halogens is 3. The van der Waals surface area contributed by atoms with Crippen LogP contribution in [0.3, 0.4) is 0 Å².